The number of benzene rings is 1. The van der Waals surface area contributed by atoms with E-state index in [0.29, 0.717) is 0 Å². The van der Waals surface area contributed by atoms with Gasteiger partial charge in [-0.25, -0.2) is 4.99 Å². The Labute approximate surface area is 159 Å². The van der Waals surface area contributed by atoms with E-state index in [-0.39, 0.29) is 17.5 Å². The molecule has 5 heteroatoms. The second kappa shape index (κ2) is 6.76. The molecular formula is C21H23ClN4. The summed E-state index contributed by atoms with van der Waals surface area (Å²) in [5, 5.41) is 0.0619. The Morgan fingerprint density at radius 3 is 2.85 bits per heavy atom. The van der Waals surface area contributed by atoms with E-state index in [1.165, 1.54) is 0 Å². The molecule has 2 atom stereocenters. The van der Waals surface area contributed by atoms with Gasteiger partial charge in [0.15, 0.2) is 0 Å². The summed E-state index contributed by atoms with van der Waals surface area (Å²) in [4.78, 5) is 12.0. The molecule has 4 nitrogen and oxygen atoms in total. The van der Waals surface area contributed by atoms with Crippen LogP contribution in [0.5, 0.6) is 0 Å². The van der Waals surface area contributed by atoms with Gasteiger partial charge in [0.1, 0.15) is 0 Å². The number of hydrogen-bond acceptors (Lipinski definition) is 4. The van der Waals surface area contributed by atoms with Crippen molar-refractivity contribution in [1.29, 1.82) is 0 Å². The SMILES string of the molecule is CC(C)N=C1CC2C(=Nc3ccccc3N2C2=CCC(Cl)C=C2)C=C1N. The highest BCUT2D eigenvalue weighted by Gasteiger charge is 2.35. The highest BCUT2D eigenvalue weighted by molar-refractivity contribution is 6.22. The number of nitrogens with zero attached hydrogens (tertiary/aromatic N) is 3. The molecule has 0 bridgehead atoms. The maximum Gasteiger partial charge on any atom is 0.0871 e. The number of anilines is 1. The standard InChI is InChI=1S/C21H23ClN4/c1-13(2)24-18-12-21-19(11-16(18)23)25-17-5-3-4-6-20(17)26(21)15-9-7-14(22)8-10-15/h3-7,9-11,13-14,21H,8,12,23H2,1-2H3. The van der Waals surface area contributed by atoms with Crippen molar-refractivity contribution in [2.24, 2.45) is 15.7 Å². The van der Waals surface area contributed by atoms with Crippen LogP contribution in [0.1, 0.15) is 26.7 Å². The topological polar surface area (TPSA) is 54.0 Å². The highest BCUT2D eigenvalue weighted by atomic mass is 35.5. The van der Waals surface area contributed by atoms with Gasteiger partial charge in [-0.15, -0.1) is 11.6 Å². The lowest BCUT2D eigenvalue weighted by Crippen LogP contribution is -2.46. The van der Waals surface area contributed by atoms with Crippen molar-refractivity contribution < 1.29 is 0 Å². The maximum atomic E-state index is 6.28. The van der Waals surface area contributed by atoms with Crippen LogP contribution in [0.25, 0.3) is 0 Å². The summed E-state index contributed by atoms with van der Waals surface area (Å²) >= 11 is 6.24. The highest BCUT2D eigenvalue weighted by Crippen LogP contribution is 2.40. The van der Waals surface area contributed by atoms with Gasteiger partial charge < -0.3 is 10.6 Å². The fourth-order valence-electron chi connectivity index (χ4n) is 3.66. The Bertz CT molecular complexity index is 876. The van der Waals surface area contributed by atoms with E-state index in [9.17, 15) is 0 Å². The number of rotatable bonds is 2. The molecule has 0 aromatic heterocycles. The third-order valence-electron chi connectivity index (χ3n) is 4.79. The molecule has 1 heterocycles. The molecule has 0 fully saturated rings. The molecule has 0 radical (unpaired) electrons. The quantitative estimate of drug-likeness (QED) is 0.784. The third-order valence-corrected chi connectivity index (χ3v) is 5.11. The van der Waals surface area contributed by atoms with Gasteiger partial charge in [-0.2, -0.15) is 0 Å². The van der Waals surface area contributed by atoms with Crippen LogP contribution in [-0.4, -0.2) is 28.9 Å². The van der Waals surface area contributed by atoms with Crippen molar-refractivity contribution in [3.05, 3.63) is 60.0 Å². The van der Waals surface area contributed by atoms with E-state index in [1.807, 2.05) is 18.2 Å². The number of halogens is 1. The molecule has 1 aliphatic heterocycles. The Balaban J connectivity index is 1.83. The Morgan fingerprint density at radius 2 is 2.12 bits per heavy atom. The number of hydrogen-bond donors (Lipinski definition) is 1. The van der Waals surface area contributed by atoms with Crippen molar-refractivity contribution in [2.45, 2.75) is 44.1 Å². The van der Waals surface area contributed by atoms with Gasteiger partial charge in [0.05, 0.1) is 39.9 Å². The van der Waals surface area contributed by atoms with E-state index >= 15 is 0 Å². The summed E-state index contributed by atoms with van der Waals surface area (Å²) in [6, 6.07) is 8.55. The van der Waals surface area contributed by atoms with E-state index in [0.717, 1.165) is 47.0 Å². The van der Waals surface area contributed by atoms with Gasteiger partial charge in [0.25, 0.3) is 0 Å². The summed E-state index contributed by atoms with van der Waals surface area (Å²) in [5.74, 6) is 0. The van der Waals surface area contributed by atoms with Gasteiger partial charge in [0.2, 0.25) is 0 Å². The van der Waals surface area contributed by atoms with Crippen LogP contribution in [0.3, 0.4) is 0 Å². The zero-order valence-electron chi connectivity index (χ0n) is 15.1. The van der Waals surface area contributed by atoms with Gasteiger partial charge >= 0.3 is 0 Å². The van der Waals surface area contributed by atoms with Crippen LogP contribution < -0.4 is 10.6 Å². The molecule has 0 saturated heterocycles. The summed E-state index contributed by atoms with van der Waals surface area (Å²) in [7, 11) is 0. The summed E-state index contributed by atoms with van der Waals surface area (Å²) in [5.41, 5.74) is 12.2. The number of aliphatic imine (C=N–C) groups is 2. The minimum Gasteiger partial charge on any atom is -0.397 e. The van der Waals surface area contributed by atoms with Gasteiger partial charge in [0, 0.05) is 18.2 Å². The first kappa shape index (κ1) is 17.1. The van der Waals surface area contributed by atoms with Crippen LogP contribution >= 0.6 is 11.6 Å². The van der Waals surface area contributed by atoms with Crippen molar-refractivity contribution in [3.63, 3.8) is 0 Å². The van der Waals surface area contributed by atoms with Crippen molar-refractivity contribution in [1.82, 2.24) is 0 Å². The van der Waals surface area contributed by atoms with Crippen LogP contribution in [0.15, 0.2) is 69.9 Å². The molecule has 2 unspecified atom stereocenters. The predicted octanol–water partition coefficient (Wildman–Crippen LogP) is 4.49. The van der Waals surface area contributed by atoms with E-state index < -0.39 is 0 Å². The van der Waals surface area contributed by atoms with Crippen molar-refractivity contribution >= 4 is 34.4 Å². The van der Waals surface area contributed by atoms with E-state index in [2.05, 4.69) is 49.1 Å². The van der Waals surface area contributed by atoms with Gasteiger partial charge in [-0.1, -0.05) is 24.3 Å². The smallest absolute Gasteiger partial charge is 0.0871 e. The lowest BCUT2D eigenvalue weighted by Gasteiger charge is -2.41. The normalized spacial score (nSPS) is 26.2. The molecule has 0 spiro atoms. The molecule has 134 valence electrons. The third kappa shape index (κ3) is 3.10. The Kier molecular flexibility index (Phi) is 4.45. The molecule has 0 amide bonds. The Hall–Kier alpha value is -2.33. The first-order chi connectivity index (χ1) is 12.5. The number of allylic oxidation sites excluding steroid dienone is 4. The van der Waals surface area contributed by atoms with Crippen LogP contribution in [0.4, 0.5) is 11.4 Å². The average Bonchev–Trinajstić information content (AvgIpc) is 2.61. The Morgan fingerprint density at radius 1 is 1.31 bits per heavy atom. The molecule has 2 N–H and O–H groups in total. The molecular weight excluding hydrogens is 344 g/mol. The monoisotopic (exact) mass is 366 g/mol. The number of fused-ring (bicyclic) bond motifs is 2. The number of alkyl halides is 1. The molecule has 26 heavy (non-hydrogen) atoms. The molecule has 2 aliphatic carbocycles. The molecule has 4 rings (SSSR count). The maximum absolute atomic E-state index is 6.28. The van der Waals surface area contributed by atoms with Gasteiger partial charge in [-0.05, 0) is 44.6 Å². The van der Waals surface area contributed by atoms with Crippen LogP contribution in [0.2, 0.25) is 0 Å². The lowest BCUT2D eigenvalue weighted by molar-refractivity contribution is 0.776. The van der Waals surface area contributed by atoms with Gasteiger partial charge in [-0.3, -0.25) is 4.99 Å². The molecule has 3 aliphatic rings. The first-order valence-electron chi connectivity index (χ1n) is 9.06. The molecule has 0 saturated carbocycles. The summed E-state index contributed by atoms with van der Waals surface area (Å²) in [6.07, 6.45) is 9.94. The number of nitrogens with two attached hydrogens (primary N) is 1. The summed E-state index contributed by atoms with van der Waals surface area (Å²) < 4.78 is 0. The summed E-state index contributed by atoms with van der Waals surface area (Å²) in [6.45, 7) is 4.15. The zero-order chi connectivity index (χ0) is 18.3. The lowest BCUT2D eigenvalue weighted by atomic mass is 9.90. The van der Waals surface area contributed by atoms with Crippen LogP contribution in [-0.2, 0) is 0 Å². The van der Waals surface area contributed by atoms with Crippen molar-refractivity contribution in [3.8, 4) is 0 Å². The fourth-order valence-corrected chi connectivity index (χ4v) is 3.83. The second-order valence-corrected chi connectivity index (χ2v) is 7.68. The predicted molar refractivity (Wildman–Crippen MR) is 111 cm³/mol. The van der Waals surface area contributed by atoms with Crippen LogP contribution in [0, 0.1) is 0 Å². The van der Waals surface area contributed by atoms with E-state index in [1.54, 1.807) is 0 Å². The first-order valence-corrected chi connectivity index (χ1v) is 9.50. The molecule has 1 aromatic rings. The minimum atomic E-state index is 0.0619. The molecule has 1 aromatic carbocycles. The average molecular weight is 367 g/mol. The second-order valence-electron chi connectivity index (χ2n) is 7.12. The van der Waals surface area contributed by atoms with Crippen molar-refractivity contribution in [2.75, 3.05) is 4.90 Å². The fraction of sp³-hybridized carbons (Fsp3) is 0.333. The zero-order valence-corrected chi connectivity index (χ0v) is 15.8. The number of para-hydroxylation sites is 2. The largest absolute Gasteiger partial charge is 0.397 e. The van der Waals surface area contributed by atoms with E-state index in [4.69, 9.17) is 27.3 Å². The minimum absolute atomic E-state index is 0.0619.